The molecule has 3 amide bonds. The van der Waals surface area contributed by atoms with Crippen molar-refractivity contribution >= 4 is 17.9 Å². The van der Waals surface area contributed by atoms with Crippen molar-refractivity contribution in [3.8, 4) is 0 Å². The predicted octanol–water partition coefficient (Wildman–Crippen LogP) is 1.15. The van der Waals surface area contributed by atoms with E-state index in [1.165, 1.54) is 12.1 Å². The molecular weight excluding hydrogens is 363 g/mol. The highest BCUT2D eigenvalue weighted by atomic mass is 19.1. The number of hydrogen-bond donors (Lipinski definition) is 2. The Labute approximate surface area is 162 Å². The lowest BCUT2D eigenvalue weighted by Crippen LogP contribution is -2.55. The van der Waals surface area contributed by atoms with Gasteiger partial charge in [0.15, 0.2) is 0 Å². The summed E-state index contributed by atoms with van der Waals surface area (Å²) in [6.07, 6.45) is 3.38. The molecule has 1 aliphatic rings. The summed E-state index contributed by atoms with van der Waals surface area (Å²) in [5.41, 5.74) is 0.785. The van der Waals surface area contributed by atoms with Crippen LogP contribution in [0.2, 0.25) is 0 Å². The molecule has 2 aromatic rings. The third-order valence-electron chi connectivity index (χ3n) is 4.52. The quantitative estimate of drug-likeness (QED) is 0.805. The number of halogens is 1. The molecule has 1 aromatic heterocycles. The average molecular weight is 386 g/mol. The number of urea groups is 1. The number of amides is 3. The largest absolute Gasteiger partial charge is 0.350 e. The Morgan fingerprint density at radius 1 is 1.11 bits per heavy atom. The standard InChI is InChI=1S/C19H23FN6O2/c1-14(17(27)23-13-15-3-5-16(20)6-4-15)24-19(28)26-11-9-25(10-12-26)18-21-7-2-8-22-18/h2-8,14H,9-13H2,1H3,(H,23,27)(H,24,28)/t14-/m1/s1. The van der Waals surface area contributed by atoms with Gasteiger partial charge in [0, 0.05) is 45.1 Å². The third kappa shape index (κ3) is 5.15. The number of piperazine rings is 1. The second-order valence-electron chi connectivity index (χ2n) is 6.54. The van der Waals surface area contributed by atoms with E-state index in [2.05, 4.69) is 20.6 Å². The lowest BCUT2D eigenvalue weighted by atomic mass is 10.2. The number of carbonyl (C=O) groups is 2. The van der Waals surface area contributed by atoms with E-state index in [4.69, 9.17) is 0 Å². The fourth-order valence-electron chi connectivity index (χ4n) is 2.85. The minimum atomic E-state index is -0.677. The number of benzene rings is 1. The van der Waals surface area contributed by atoms with Gasteiger partial charge >= 0.3 is 6.03 Å². The maximum atomic E-state index is 12.9. The maximum Gasteiger partial charge on any atom is 0.318 e. The fraction of sp³-hybridized carbons (Fsp3) is 0.368. The van der Waals surface area contributed by atoms with Crippen molar-refractivity contribution in [2.45, 2.75) is 19.5 Å². The van der Waals surface area contributed by atoms with E-state index >= 15 is 0 Å². The highest BCUT2D eigenvalue weighted by Crippen LogP contribution is 2.10. The Balaban J connectivity index is 1.42. The van der Waals surface area contributed by atoms with Crippen molar-refractivity contribution in [1.82, 2.24) is 25.5 Å². The molecule has 0 unspecified atom stereocenters. The Kier molecular flexibility index (Phi) is 6.36. The third-order valence-corrected chi connectivity index (χ3v) is 4.52. The monoisotopic (exact) mass is 386 g/mol. The van der Waals surface area contributed by atoms with Gasteiger partial charge in [-0.05, 0) is 30.7 Å². The Hall–Kier alpha value is -3.23. The first-order chi connectivity index (χ1) is 13.5. The van der Waals surface area contributed by atoms with E-state index in [1.54, 1.807) is 42.4 Å². The van der Waals surface area contributed by atoms with Crippen LogP contribution in [-0.2, 0) is 11.3 Å². The highest BCUT2D eigenvalue weighted by Gasteiger charge is 2.24. The number of nitrogens with one attached hydrogen (secondary N) is 2. The van der Waals surface area contributed by atoms with Crippen LogP contribution in [0.5, 0.6) is 0 Å². The second kappa shape index (κ2) is 9.12. The smallest absolute Gasteiger partial charge is 0.318 e. The summed E-state index contributed by atoms with van der Waals surface area (Å²) >= 11 is 0. The summed E-state index contributed by atoms with van der Waals surface area (Å²) in [5, 5.41) is 5.45. The molecule has 9 heteroatoms. The Bertz CT molecular complexity index is 794. The Morgan fingerprint density at radius 3 is 2.39 bits per heavy atom. The van der Waals surface area contributed by atoms with Gasteiger partial charge in [0.25, 0.3) is 0 Å². The maximum absolute atomic E-state index is 12.9. The highest BCUT2D eigenvalue weighted by molar-refractivity contribution is 5.86. The molecule has 1 aliphatic heterocycles. The van der Waals surface area contributed by atoms with Gasteiger partial charge in [0.2, 0.25) is 11.9 Å². The molecule has 3 rings (SSSR count). The predicted molar refractivity (Wildman–Crippen MR) is 102 cm³/mol. The van der Waals surface area contributed by atoms with Crippen LogP contribution in [-0.4, -0.2) is 59.0 Å². The SMILES string of the molecule is C[C@@H](NC(=O)N1CCN(c2ncccn2)CC1)C(=O)NCc1ccc(F)cc1. The number of rotatable bonds is 5. The molecule has 1 atom stereocenters. The molecular formula is C19H23FN6O2. The van der Waals surface area contributed by atoms with Crippen LogP contribution < -0.4 is 15.5 Å². The van der Waals surface area contributed by atoms with E-state index < -0.39 is 6.04 Å². The molecule has 28 heavy (non-hydrogen) atoms. The molecule has 2 N–H and O–H groups in total. The summed E-state index contributed by atoms with van der Waals surface area (Å²) in [4.78, 5) is 36.7. The molecule has 0 spiro atoms. The van der Waals surface area contributed by atoms with Crippen LogP contribution in [0, 0.1) is 5.82 Å². The number of nitrogens with zero attached hydrogens (tertiary/aromatic N) is 4. The van der Waals surface area contributed by atoms with Crippen molar-refractivity contribution in [2.24, 2.45) is 0 Å². The van der Waals surface area contributed by atoms with Crippen LogP contribution in [0.15, 0.2) is 42.7 Å². The molecule has 1 fully saturated rings. The molecule has 0 radical (unpaired) electrons. The van der Waals surface area contributed by atoms with Crippen molar-refractivity contribution in [1.29, 1.82) is 0 Å². The first-order valence-electron chi connectivity index (χ1n) is 9.12. The molecule has 1 aromatic carbocycles. The minimum absolute atomic E-state index is 0.273. The number of anilines is 1. The number of aromatic nitrogens is 2. The lowest BCUT2D eigenvalue weighted by molar-refractivity contribution is -0.122. The number of carbonyl (C=O) groups excluding carboxylic acids is 2. The van der Waals surface area contributed by atoms with E-state index in [0.29, 0.717) is 32.1 Å². The van der Waals surface area contributed by atoms with Crippen LogP contribution in [0.3, 0.4) is 0 Å². The van der Waals surface area contributed by atoms with Crippen molar-refractivity contribution < 1.29 is 14.0 Å². The molecule has 0 saturated carbocycles. The average Bonchev–Trinajstić information content (AvgIpc) is 2.73. The van der Waals surface area contributed by atoms with Gasteiger partial charge in [-0.25, -0.2) is 19.2 Å². The minimum Gasteiger partial charge on any atom is -0.350 e. The fourth-order valence-corrected chi connectivity index (χ4v) is 2.85. The molecule has 0 bridgehead atoms. The normalized spacial score (nSPS) is 15.1. The van der Waals surface area contributed by atoms with Gasteiger partial charge in [0.05, 0.1) is 0 Å². The van der Waals surface area contributed by atoms with Gasteiger partial charge in [-0.3, -0.25) is 4.79 Å². The summed E-state index contributed by atoms with van der Waals surface area (Å²) in [7, 11) is 0. The second-order valence-corrected chi connectivity index (χ2v) is 6.54. The van der Waals surface area contributed by atoms with Crippen LogP contribution in [0.4, 0.5) is 15.1 Å². The zero-order chi connectivity index (χ0) is 19.9. The molecule has 8 nitrogen and oxygen atoms in total. The van der Waals surface area contributed by atoms with Crippen molar-refractivity contribution in [3.05, 3.63) is 54.1 Å². The van der Waals surface area contributed by atoms with E-state index in [1.807, 2.05) is 4.90 Å². The van der Waals surface area contributed by atoms with Gasteiger partial charge < -0.3 is 20.4 Å². The molecule has 2 heterocycles. The zero-order valence-electron chi connectivity index (χ0n) is 15.6. The van der Waals surface area contributed by atoms with Gasteiger partial charge in [-0.1, -0.05) is 12.1 Å². The molecule has 148 valence electrons. The molecule has 0 aliphatic carbocycles. The van der Waals surface area contributed by atoms with Crippen LogP contribution in [0.25, 0.3) is 0 Å². The summed E-state index contributed by atoms with van der Waals surface area (Å²) in [6, 6.07) is 6.69. The van der Waals surface area contributed by atoms with Crippen molar-refractivity contribution in [2.75, 3.05) is 31.1 Å². The van der Waals surface area contributed by atoms with Crippen LogP contribution >= 0.6 is 0 Å². The zero-order valence-corrected chi connectivity index (χ0v) is 15.6. The van der Waals surface area contributed by atoms with Gasteiger partial charge in [-0.2, -0.15) is 0 Å². The van der Waals surface area contributed by atoms with Gasteiger partial charge in [-0.15, -0.1) is 0 Å². The Morgan fingerprint density at radius 2 is 1.75 bits per heavy atom. The van der Waals surface area contributed by atoms with Crippen molar-refractivity contribution in [3.63, 3.8) is 0 Å². The van der Waals surface area contributed by atoms with E-state index in [-0.39, 0.29) is 24.3 Å². The summed E-state index contributed by atoms with van der Waals surface area (Å²) in [6.45, 7) is 4.20. The first-order valence-corrected chi connectivity index (χ1v) is 9.12. The van der Waals surface area contributed by atoms with E-state index in [9.17, 15) is 14.0 Å². The first kappa shape index (κ1) is 19.5. The lowest BCUT2D eigenvalue weighted by Gasteiger charge is -2.35. The van der Waals surface area contributed by atoms with Crippen LogP contribution in [0.1, 0.15) is 12.5 Å². The van der Waals surface area contributed by atoms with E-state index in [0.717, 1.165) is 5.56 Å². The number of hydrogen-bond acceptors (Lipinski definition) is 5. The topological polar surface area (TPSA) is 90.5 Å². The van der Waals surface area contributed by atoms with Gasteiger partial charge in [0.1, 0.15) is 11.9 Å². The summed E-state index contributed by atoms with van der Waals surface area (Å²) in [5.74, 6) is 0.0275. The molecule has 1 saturated heterocycles. The summed E-state index contributed by atoms with van der Waals surface area (Å²) < 4.78 is 12.9.